The Morgan fingerprint density at radius 3 is 2.48 bits per heavy atom. The van der Waals surface area contributed by atoms with Crippen molar-refractivity contribution in [2.75, 3.05) is 19.0 Å². The molecule has 0 saturated carbocycles. The molecule has 2 aliphatic rings. The Labute approximate surface area is 148 Å². The molecule has 2 aliphatic heterocycles. The summed E-state index contributed by atoms with van der Waals surface area (Å²) in [6.45, 7) is 0. The summed E-state index contributed by atoms with van der Waals surface area (Å²) in [4.78, 5) is 37.4. The van der Waals surface area contributed by atoms with E-state index in [1.807, 2.05) is 30.3 Å². The van der Waals surface area contributed by atoms with Gasteiger partial charge in [-0.05, 0) is 30.0 Å². The third-order valence-electron chi connectivity index (χ3n) is 4.12. The van der Waals surface area contributed by atoms with Crippen LogP contribution in [0.5, 0.6) is 0 Å². The number of fused-ring (bicyclic) bond motifs is 1. The number of amides is 2. The molecule has 1 fully saturated rings. The van der Waals surface area contributed by atoms with Crippen LogP contribution in [0.1, 0.15) is 5.56 Å². The van der Waals surface area contributed by atoms with Gasteiger partial charge >= 0.3 is 0 Å². The van der Waals surface area contributed by atoms with Gasteiger partial charge in [0.1, 0.15) is 0 Å². The van der Waals surface area contributed by atoms with E-state index in [4.69, 9.17) is 0 Å². The molecule has 2 aromatic rings. The minimum absolute atomic E-state index is 0.176. The van der Waals surface area contributed by atoms with Gasteiger partial charge in [0.05, 0.1) is 16.2 Å². The number of amidine groups is 1. The van der Waals surface area contributed by atoms with Crippen LogP contribution in [0.2, 0.25) is 0 Å². The number of aromatic nitrogens is 1. The second-order valence-electron chi connectivity index (χ2n) is 5.63. The molecular formula is C18H14N4O2S. The van der Waals surface area contributed by atoms with Gasteiger partial charge in [-0.15, -0.1) is 0 Å². The van der Waals surface area contributed by atoms with Gasteiger partial charge in [0.15, 0.2) is 11.0 Å². The molecule has 3 heterocycles. The number of pyridine rings is 1. The van der Waals surface area contributed by atoms with E-state index in [9.17, 15) is 9.59 Å². The molecule has 7 heteroatoms. The minimum atomic E-state index is -0.229. The van der Waals surface area contributed by atoms with E-state index in [0.29, 0.717) is 21.5 Å². The summed E-state index contributed by atoms with van der Waals surface area (Å²) >= 11 is 1.21. The Morgan fingerprint density at radius 1 is 0.960 bits per heavy atom. The summed E-state index contributed by atoms with van der Waals surface area (Å²) in [6, 6.07) is 12.9. The molecule has 4 rings (SSSR count). The Hall–Kier alpha value is -2.93. The summed E-state index contributed by atoms with van der Waals surface area (Å²) < 4.78 is 0. The summed E-state index contributed by atoms with van der Waals surface area (Å²) in [6.07, 6.45) is 1.64. The monoisotopic (exact) mass is 350 g/mol. The Kier molecular flexibility index (Phi) is 3.65. The second kappa shape index (κ2) is 5.86. The fourth-order valence-electron chi connectivity index (χ4n) is 2.81. The van der Waals surface area contributed by atoms with Crippen LogP contribution in [0.15, 0.2) is 58.6 Å². The first-order valence-corrected chi connectivity index (χ1v) is 8.47. The lowest BCUT2D eigenvalue weighted by molar-refractivity contribution is -0.121. The van der Waals surface area contributed by atoms with Crippen molar-refractivity contribution in [3.63, 3.8) is 0 Å². The lowest BCUT2D eigenvalue weighted by Gasteiger charge is -2.08. The van der Waals surface area contributed by atoms with Crippen molar-refractivity contribution in [2.24, 2.45) is 4.99 Å². The van der Waals surface area contributed by atoms with Crippen molar-refractivity contribution >= 4 is 45.8 Å². The van der Waals surface area contributed by atoms with E-state index >= 15 is 0 Å². The first-order chi connectivity index (χ1) is 12.1. The zero-order valence-electron chi connectivity index (χ0n) is 13.6. The van der Waals surface area contributed by atoms with Crippen LogP contribution in [0.3, 0.4) is 0 Å². The number of anilines is 1. The smallest absolute Gasteiger partial charge is 0.267 e. The third kappa shape index (κ3) is 2.44. The number of likely N-dealkylation sites (N-methyl/N-ethyl adjacent to an activating group) is 2. The van der Waals surface area contributed by atoms with Crippen molar-refractivity contribution in [2.45, 2.75) is 0 Å². The molecule has 2 amide bonds. The van der Waals surface area contributed by atoms with Gasteiger partial charge in [-0.3, -0.25) is 14.5 Å². The maximum Gasteiger partial charge on any atom is 0.267 e. The number of aliphatic imine (C=N–C) groups is 1. The average molecular weight is 350 g/mol. The molecule has 0 radical (unpaired) electrons. The normalized spacial score (nSPS) is 21.4. The van der Waals surface area contributed by atoms with Gasteiger partial charge in [-0.25, -0.2) is 9.98 Å². The number of benzene rings is 1. The minimum Gasteiger partial charge on any atom is -0.311 e. The number of para-hydroxylation sites is 1. The molecule has 0 bridgehead atoms. The average Bonchev–Trinajstić information content (AvgIpc) is 3.05. The highest BCUT2D eigenvalue weighted by molar-refractivity contribution is 8.18. The summed E-state index contributed by atoms with van der Waals surface area (Å²) in [5, 5.41) is 0.506. The van der Waals surface area contributed by atoms with Gasteiger partial charge in [0.2, 0.25) is 0 Å². The van der Waals surface area contributed by atoms with Crippen LogP contribution < -0.4 is 4.90 Å². The van der Waals surface area contributed by atoms with E-state index in [0.717, 1.165) is 11.3 Å². The molecular weight excluding hydrogens is 336 g/mol. The van der Waals surface area contributed by atoms with Crippen molar-refractivity contribution in [3.05, 3.63) is 59.1 Å². The van der Waals surface area contributed by atoms with E-state index in [1.165, 1.54) is 16.7 Å². The topological polar surface area (TPSA) is 65.9 Å². The number of nitrogens with zero attached hydrogens (tertiary/aromatic N) is 4. The lowest BCUT2D eigenvalue weighted by atomic mass is 10.1. The SMILES string of the molecule is CN1C(=O)/C(=C2/C(=O)N(C)c3ccccc32)S/C1=N/c1ccccn1. The van der Waals surface area contributed by atoms with E-state index in [1.54, 1.807) is 37.3 Å². The number of carbonyl (C=O) groups is 2. The fourth-order valence-corrected chi connectivity index (χ4v) is 3.87. The molecule has 1 aromatic carbocycles. The third-order valence-corrected chi connectivity index (χ3v) is 5.25. The standard InChI is InChI=1S/C18H14N4O2S/c1-21-12-8-4-3-7-11(12)14(16(21)23)15-17(24)22(2)18(25-15)20-13-9-5-6-10-19-13/h3-10H,1-2H3/b15-14-,20-18+. The first-order valence-electron chi connectivity index (χ1n) is 7.65. The molecule has 0 aliphatic carbocycles. The largest absolute Gasteiger partial charge is 0.311 e. The molecule has 124 valence electrons. The van der Waals surface area contributed by atoms with E-state index in [2.05, 4.69) is 9.98 Å². The number of hydrogen-bond donors (Lipinski definition) is 0. The van der Waals surface area contributed by atoms with Gasteiger partial charge in [-0.1, -0.05) is 24.3 Å². The van der Waals surface area contributed by atoms with Crippen LogP contribution in [-0.2, 0) is 9.59 Å². The van der Waals surface area contributed by atoms with Crippen molar-refractivity contribution in [1.82, 2.24) is 9.88 Å². The van der Waals surface area contributed by atoms with Crippen LogP contribution >= 0.6 is 11.8 Å². The molecule has 1 saturated heterocycles. The number of carbonyl (C=O) groups excluding carboxylic acids is 2. The molecule has 25 heavy (non-hydrogen) atoms. The molecule has 0 atom stereocenters. The zero-order chi connectivity index (χ0) is 17.6. The van der Waals surface area contributed by atoms with Crippen LogP contribution in [0, 0.1) is 0 Å². The highest BCUT2D eigenvalue weighted by atomic mass is 32.2. The highest BCUT2D eigenvalue weighted by Gasteiger charge is 2.40. The summed E-state index contributed by atoms with van der Waals surface area (Å²) in [5.74, 6) is 0.115. The quantitative estimate of drug-likeness (QED) is 0.742. The van der Waals surface area contributed by atoms with Gasteiger partial charge in [0.25, 0.3) is 11.8 Å². The van der Waals surface area contributed by atoms with Crippen LogP contribution in [-0.4, -0.2) is 41.0 Å². The molecule has 1 aromatic heterocycles. The Morgan fingerprint density at radius 2 is 1.72 bits per heavy atom. The summed E-state index contributed by atoms with van der Waals surface area (Å²) in [5.41, 5.74) is 2.02. The van der Waals surface area contributed by atoms with Gasteiger partial charge in [-0.2, -0.15) is 0 Å². The van der Waals surface area contributed by atoms with Gasteiger partial charge < -0.3 is 4.90 Å². The number of thioether (sulfide) groups is 1. The maximum atomic E-state index is 12.7. The predicted octanol–water partition coefficient (Wildman–Crippen LogP) is 2.66. The van der Waals surface area contributed by atoms with Crippen molar-refractivity contribution < 1.29 is 9.59 Å². The van der Waals surface area contributed by atoms with Crippen LogP contribution in [0.25, 0.3) is 5.57 Å². The van der Waals surface area contributed by atoms with Crippen LogP contribution in [0.4, 0.5) is 11.5 Å². The fraction of sp³-hybridized carbons (Fsp3) is 0.111. The Bertz CT molecular complexity index is 953. The molecule has 6 nitrogen and oxygen atoms in total. The van der Waals surface area contributed by atoms with Crippen molar-refractivity contribution in [1.29, 1.82) is 0 Å². The number of hydrogen-bond acceptors (Lipinski definition) is 5. The summed E-state index contributed by atoms with van der Waals surface area (Å²) in [7, 11) is 3.37. The van der Waals surface area contributed by atoms with Gasteiger partial charge in [0, 0.05) is 25.9 Å². The van der Waals surface area contributed by atoms with Crippen molar-refractivity contribution in [3.8, 4) is 0 Å². The van der Waals surface area contributed by atoms with E-state index in [-0.39, 0.29) is 11.8 Å². The lowest BCUT2D eigenvalue weighted by Crippen LogP contribution is -2.25. The molecule has 0 spiro atoms. The molecule has 0 N–H and O–H groups in total. The number of rotatable bonds is 1. The van der Waals surface area contributed by atoms with E-state index < -0.39 is 0 Å². The highest BCUT2D eigenvalue weighted by Crippen LogP contribution is 2.43. The Balaban J connectivity index is 1.82. The molecule has 0 unspecified atom stereocenters. The first kappa shape index (κ1) is 15.6. The second-order valence-corrected chi connectivity index (χ2v) is 6.61. The maximum absolute atomic E-state index is 12.7. The predicted molar refractivity (Wildman–Crippen MR) is 98.5 cm³/mol. The zero-order valence-corrected chi connectivity index (χ0v) is 14.4.